The molecule has 4 nitrogen and oxygen atoms in total. The Morgan fingerprint density at radius 1 is 1.30 bits per heavy atom. The van der Waals surface area contributed by atoms with Gasteiger partial charge < -0.3 is 5.32 Å². The first-order chi connectivity index (χ1) is 9.49. The molecule has 0 spiro atoms. The van der Waals surface area contributed by atoms with E-state index in [1.54, 1.807) is 17.8 Å². The molecule has 106 valence electrons. The molecule has 0 radical (unpaired) electrons. The molecule has 1 atom stereocenters. The zero-order valence-corrected chi connectivity index (χ0v) is 13.1. The molecule has 1 N–H and O–H groups in total. The molecule has 0 saturated carbocycles. The Balaban J connectivity index is 2.11. The Hall–Kier alpha value is -1.46. The number of amides is 1. The van der Waals surface area contributed by atoms with Gasteiger partial charge in [0.2, 0.25) is 0 Å². The fourth-order valence-corrected chi connectivity index (χ4v) is 2.77. The highest BCUT2D eigenvalue weighted by Gasteiger charge is 2.19. The number of aromatic nitrogens is 2. The van der Waals surface area contributed by atoms with Gasteiger partial charge in [-0.15, -0.1) is 11.3 Å². The van der Waals surface area contributed by atoms with E-state index in [1.165, 1.54) is 11.3 Å². The van der Waals surface area contributed by atoms with Crippen LogP contribution in [0.2, 0.25) is 5.02 Å². The van der Waals surface area contributed by atoms with Crippen molar-refractivity contribution in [2.75, 3.05) is 0 Å². The molecule has 0 unspecified atom stereocenters. The second-order valence-corrected chi connectivity index (χ2v) is 6.11. The Bertz CT molecular complexity index is 595. The summed E-state index contributed by atoms with van der Waals surface area (Å²) in [6, 6.07) is 3.39. The Labute approximate surface area is 127 Å². The van der Waals surface area contributed by atoms with Crippen LogP contribution in [0.3, 0.4) is 0 Å². The smallest absolute Gasteiger partial charge is 0.263 e. The van der Waals surface area contributed by atoms with Gasteiger partial charge in [-0.3, -0.25) is 9.78 Å². The Morgan fingerprint density at radius 3 is 2.65 bits per heavy atom. The van der Waals surface area contributed by atoms with Crippen LogP contribution in [0.4, 0.5) is 0 Å². The highest BCUT2D eigenvalue weighted by molar-refractivity contribution is 7.11. The molecule has 0 saturated heterocycles. The van der Waals surface area contributed by atoms with Crippen LogP contribution in [0.5, 0.6) is 0 Å². The molecule has 0 aromatic carbocycles. The number of hydrogen-bond donors (Lipinski definition) is 1. The van der Waals surface area contributed by atoms with E-state index in [4.69, 9.17) is 11.6 Å². The summed E-state index contributed by atoms with van der Waals surface area (Å²) < 4.78 is 0. The number of thiazole rings is 1. The van der Waals surface area contributed by atoms with Crippen molar-refractivity contribution < 1.29 is 4.79 Å². The summed E-state index contributed by atoms with van der Waals surface area (Å²) in [6.45, 7) is 5.94. The molecule has 0 fully saturated rings. The first-order valence-electron chi connectivity index (χ1n) is 6.34. The van der Waals surface area contributed by atoms with Crippen molar-refractivity contribution in [1.29, 1.82) is 0 Å². The first kappa shape index (κ1) is 14.9. The maximum atomic E-state index is 12.3. The fourth-order valence-electron chi connectivity index (χ4n) is 1.82. The Morgan fingerprint density at radius 2 is 2.05 bits per heavy atom. The van der Waals surface area contributed by atoms with Crippen LogP contribution in [0.1, 0.15) is 53.8 Å². The molecular weight excluding hydrogens is 294 g/mol. The van der Waals surface area contributed by atoms with Crippen LogP contribution >= 0.6 is 22.9 Å². The highest BCUT2D eigenvalue weighted by Crippen LogP contribution is 2.22. The third-order valence-corrected chi connectivity index (χ3v) is 3.95. The average Bonchev–Trinajstić information content (AvgIpc) is 2.88. The summed E-state index contributed by atoms with van der Waals surface area (Å²) in [5.74, 6) is 0.117. The molecule has 0 aliphatic heterocycles. The lowest BCUT2D eigenvalue weighted by atomic mass is 10.1. The molecular formula is C14H16ClN3OS. The van der Waals surface area contributed by atoms with E-state index in [9.17, 15) is 4.79 Å². The van der Waals surface area contributed by atoms with E-state index in [0.717, 1.165) is 11.4 Å². The minimum absolute atomic E-state index is 0.111. The molecule has 2 aromatic rings. The van der Waals surface area contributed by atoms with Crippen LogP contribution in [-0.4, -0.2) is 15.9 Å². The topological polar surface area (TPSA) is 54.9 Å². The lowest BCUT2D eigenvalue weighted by Crippen LogP contribution is -2.27. The average molecular weight is 310 g/mol. The molecule has 20 heavy (non-hydrogen) atoms. The first-order valence-corrected chi connectivity index (χ1v) is 7.60. The fraction of sp³-hybridized carbons (Fsp3) is 0.357. The number of nitrogens with one attached hydrogen (secondary N) is 1. The van der Waals surface area contributed by atoms with Crippen LogP contribution < -0.4 is 5.32 Å². The number of rotatable bonds is 4. The molecule has 0 aliphatic carbocycles. The second kappa shape index (κ2) is 6.33. The van der Waals surface area contributed by atoms with Gasteiger partial charge in [0.25, 0.3) is 5.91 Å². The SMILES string of the molecule is CC(C)c1ncsc1C(=O)N[C@H](C)c1ccc(Cl)cn1. The van der Waals surface area contributed by atoms with Gasteiger partial charge in [0.05, 0.1) is 28.0 Å². The largest absolute Gasteiger partial charge is 0.343 e. The highest BCUT2D eigenvalue weighted by atomic mass is 35.5. The van der Waals surface area contributed by atoms with Gasteiger partial charge in [0.1, 0.15) is 4.88 Å². The maximum absolute atomic E-state index is 12.3. The van der Waals surface area contributed by atoms with Crippen molar-refractivity contribution >= 4 is 28.8 Å². The van der Waals surface area contributed by atoms with Crippen LogP contribution in [0.15, 0.2) is 23.8 Å². The number of carbonyl (C=O) groups is 1. The van der Waals surface area contributed by atoms with Gasteiger partial charge in [-0.05, 0) is 25.0 Å². The van der Waals surface area contributed by atoms with Crippen LogP contribution in [0, 0.1) is 0 Å². The summed E-state index contributed by atoms with van der Waals surface area (Å²) in [5, 5.41) is 3.52. The molecule has 1 amide bonds. The number of halogens is 1. The van der Waals surface area contributed by atoms with E-state index >= 15 is 0 Å². The van der Waals surface area contributed by atoms with Gasteiger partial charge >= 0.3 is 0 Å². The quantitative estimate of drug-likeness (QED) is 0.934. The monoisotopic (exact) mass is 309 g/mol. The van der Waals surface area contributed by atoms with E-state index in [2.05, 4.69) is 15.3 Å². The summed E-state index contributed by atoms with van der Waals surface area (Å²) >= 11 is 7.16. The van der Waals surface area contributed by atoms with E-state index in [-0.39, 0.29) is 17.9 Å². The summed E-state index contributed by atoms with van der Waals surface area (Å²) in [5.41, 5.74) is 3.32. The van der Waals surface area contributed by atoms with E-state index in [1.807, 2.05) is 26.8 Å². The summed E-state index contributed by atoms with van der Waals surface area (Å²) in [7, 11) is 0. The predicted octanol–water partition coefficient (Wildman–Crippen LogP) is 3.81. The number of hydrogen-bond acceptors (Lipinski definition) is 4. The van der Waals surface area contributed by atoms with E-state index in [0.29, 0.717) is 9.90 Å². The van der Waals surface area contributed by atoms with Crippen molar-refractivity contribution in [1.82, 2.24) is 15.3 Å². The molecule has 0 aliphatic rings. The number of pyridine rings is 1. The third-order valence-electron chi connectivity index (χ3n) is 2.89. The van der Waals surface area contributed by atoms with Gasteiger partial charge in [-0.25, -0.2) is 4.98 Å². The second-order valence-electron chi connectivity index (χ2n) is 4.82. The molecule has 6 heteroatoms. The maximum Gasteiger partial charge on any atom is 0.263 e. The number of nitrogens with zero attached hydrogens (tertiary/aromatic N) is 2. The molecule has 0 bridgehead atoms. The van der Waals surface area contributed by atoms with Crippen LogP contribution in [0.25, 0.3) is 0 Å². The summed E-state index contributed by atoms with van der Waals surface area (Å²) in [6.07, 6.45) is 1.58. The summed E-state index contributed by atoms with van der Waals surface area (Å²) in [4.78, 5) is 21.4. The van der Waals surface area contributed by atoms with Gasteiger partial charge in [-0.1, -0.05) is 25.4 Å². The lowest BCUT2D eigenvalue weighted by molar-refractivity contribution is 0.0941. The van der Waals surface area contributed by atoms with Crippen molar-refractivity contribution in [3.63, 3.8) is 0 Å². The van der Waals surface area contributed by atoms with Gasteiger partial charge in [-0.2, -0.15) is 0 Å². The molecule has 2 aromatic heterocycles. The lowest BCUT2D eigenvalue weighted by Gasteiger charge is -2.13. The normalized spacial score (nSPS) is 12.4. The van der Waals surface area contributed by atoms with Gasteiger partial charge in [0, 0.05) is 6.20 Å². The molecule has 2 rings (SSSR count). The van der Waals surface area contributed by atoms with Crippen molar-refractivity contribution in [3.05, 3.63) is 45.1 Å². The van der Waals surface area contributed by atoms with Crippen molar-refractivity contribution in [2.45, 2.75) is 32.7 Å². The van der Waals surface area contributed by atoms with Gasteiger partial charge in [0.15, 0.2) is 0 Å². The Kier molecular flexibility index (Phi) is 4.73. The van der Waals surface area contributed by atoms with Crippen LogP contribution in [-0.2, 0) is 0 Å². The minimum Gasteiger partial charge on any atom is -0.343 e. The minimum atomic E-state index is -0.179. The zero-order chi connectivity index (χ0) is 14.7. The molecule has 2 heterocycles. The third kappa shape index (κ3) is 3.35. The van der Waals surface area contributed by atoms with E-state index < -0.39 is 0 Å². The predicted molar refractivity (Wildman–Crippen MR) is 81.3 cm³/mol. The zero-order valence-electron chi connectivity index (χ0n) is 11.6. The number of carbonyl (C=O) groups excluding carboxylic acids is 1. The standard InChI is InChI=1S/C14H16ClN3OS/c1-8(2)12-13(20-7-17-12)14(19)18-9(3)11-5-4-10(15)6-16-11/h4-9H,1-3H3,(H,18,19)/t9-/m1/s1. The van der Waals surface area contributed by atoms with Crippen molar-refractivity contribution in [3.8, 4) is 0 Å². The van der Waals surface area contributed by atoms with Crippen molar-refractivity contribution in [2.24, 2.45) is 0 Å².